The minimum Gasteiger partial charge on any atom is -0.485 e. The number of halogens is 1. The number of esters is 2. The summed E-state index contributed by atoms with van der Waals surface area (Å²) in [6, 6.07) is 25.3. The van der Waals surface area contributed by atoms with Crippen LogP contribution in [0.15, 0.2) is 96.1 Å². The van der Waals surface area contributed by atoms with E-state index in [1.807, 2.05) is 103 Å². The molecule has 0 bridgehead atoms. The normalized spacial score (nSPS) is 13.5. The number of aromatic carboxylic acids is 1. The van der Waals surface area contributed by atoms with Crippen LogP contribution in [0.25, 0.3) is 23.1 Å². The van der Waals surface area contributed by atoms with E-state index in [0.29, 0.717) is 88.2 Å². The Morgan fingerprint density at radius 1 is 0.532 bits per heavy atom. The number of nitrogens with zero attached hydrogens (tertiary/aromatic N) is 20. The number of fused-ring (bicyclic) bond motifs is 4. The van der Waals surface area contributed by atoms with Crippen LogP contribution in [-0.4, -0.2) is 260 Å². The third-order valence-electron chi connectivity index (χ3n) is 18.8. The molecule has 3 aliphatic heterocycles. The number of aromatic nitrogens is 19. The molecule has 0 radical (unpaired) electrons. The zero-order chi connectivity index (χ0) is 104. The Labute approximate surface area is 808 Å². The molecule has 0 aliphatic carbocycles. The first-order chi connectivity index (χ1) is 65.3. The number of nitrogens with one attached hydrogen (secondary N) is 3. The molecule has 3 aromatic carbocycles. The average molecular weight is 1950 g/mol. The number of ketones is 6. The molecule has 9 aromatic heterocycles. The molecule has 0 saturated carbocycles. The number of hydrogen-bond acceptors (Lipinski definition) is 38. The highest BCUT2D eigenvalue weighted by atomic mass is 35.5. The molecule has 752 valence electrons. The topological polar surface area (TPSA) is 661 Å². The van der Waals surface area contributed by atoms with E-state index in [0.717, 1.165) is 108 Å². The number of anilines is 1. The number of guanidine groups is 1. The summed E-state index contributed by atoms with van der Waals surface area (Å²) in [4.78, 5) is 159. The van der Waals surface area contributed by atoms with Crippen LogP contribution in [0, 0.1) is 96.9 Å². The molecule has 14 N–H and O–H groups in total. The van der Waals surface area contributed by atoms with E-state index in [1.54, 1.807) is 124 Å². The smallest absolute Gasteiger partial charge is 0.410 e. The van der Waals surface area contributed by atoms with Gasteiger partial charge in [0.25, 0.3) is 23.1 Å². The number of carbonyl (C=O) groups is 11. The van der Waals surface area contributed by atoms with Crippen molar-refractivity contribution >= 4 is 112 Å². The van der Waals surface area contributed by atoms with Crippen molar-refractivity contribution in [2.75, 3.05) is 45.0 Å². The van der Waals surface area contributed by atoms with Gasteiger partial charge in [-0.15, -0.1) is 37.1 Å². The number of aliphatic hydroxyl groups is 1. The number of likely N-dealkylation sites (tertiary alicyclic amines) is 1. The molecule has 139 heavy (non-hydrogen) atoms. The fraction of sp³-hybridized carbons (Fsp3) is 0.429. The van der Waals surface area contributed by atoms with E-state index in [-0.39, 0.29) is 67.8 Å². The van der Waals surface area contributed by atoms with Crippen LogP contribution in [0.5, 0.6) is 17.2 Å². The Morgan fingerprint density at radius 3 is 1.17 bits per heavy atom. The zero-order valence-corrected chi connectivity index (χ0v) is 82.9. The van der Waals surface area contributed by atoms with E-state index < -0.39 is 46.6 Å². The lowest BCUT2D eigenvalue weighted by Crippen LogP contribution is -2.35. The summed E-state index contributed by atoms with van der Waals surface area (Å²) in [5, 5.41) is 56.4. The van der Waals surface area contributed by atoms with Gasteiger partial charge in [-0.1, -0.05) is 54.6 Å². The molecule has 12 aromatic rings. The summed E-state index contributed by atoms with van der Waals surface area (Å²) >= 11 is 5.25. The van der Waals surface area contributed by atoms with E-state index in [2.05, 4.69) is 102 Å². The first kappa shape index (κ1) is 116. The average Bonchev–Trinajstić information content (AvgIpc) is 1.63. The minimum absolute atomic E-state index is 0. The lowest BCUT2D eigenvalue weighted by Gasteiger charge is -2.24. The summed E-state index contributed by atoms with van der Waals surface area (Å²) in [6.45, 7) is 44.8. The standard InChI is InChI=1S/C15H14N4O2.2C12H17N5O.C12H12O4.C9H12N4.C9H17NO3.C7H6O2.C5H7ClO2.C5H8O2.C3H6N4.CH6N4.CH2O3.H2/c1-9-13(21-14(20)12-7-5-4-6-8-12)10(2)19-15(16-9)17-11(3)18-19;2*1-7-11(18-10-4-5-13-6-10)8(2)17-12(14-7)15-9(3)16-17;1-8(13)11(9(2)14)16-12(15)10-6-4-3-5-7-10;1-5-6(2)10-9-11-8(4)12-13(9)7(5)3;1-9(2,3)13-8(12)10-5-4-7(11)6-10;8-7(9)6-4-2-1-3-5-6;1-3(7)5(6)4(2)8;1-4(6)3-5(2)7;1-2-5-3(4)7-6-2;2-1(3)5-4;2-1-4-3;/h4-8H,1-3H3;2*10,13H,4-6H2,1-3H3;3-7,11H,1-2H3;1-4H3;7,11H,4-6H2,1-3H3;1-5H,(H,8,9);5H,1-2H3;3H2,1-2H3;1H3,(H3,4,5,6,7);4H2,(H4,2,3,5);1,3H;1H/t;2*10-;;;7-;;;;;;;/m.11..0......./s1. The number of β-amino-alcohol motifs (C(OH)–C–C–N with tert-alkyl or cyclic N) is 1. The van der Waals surface area contributed by atoms with Gasteiger partial charge in [0.05, 0.1) is 63.4 Å². The Hall–Kier alpha value is -15.2. The Balaban J connectivity index is 0.000000403. The second kappa shape index (κ2) is 57.0. The number of H-pyrrole nitrogens is 1. The van der Waals surface area contributed by atoms with Crippen LogP contribution < -0.4 is 47.9 Å². The van der Waals surface area contributed by atoms with Crippen molar-refractivity contribution in [3.05, 3.63) is 188 Å². The molecule has 1 amide bonds. The summed E-state index contributed by atoms with van der Waals surface area (Å²) in [5.41, 5.74) is 23.5. The maximum atomic E-state index is 12.2. The van der Waals surface area contributed by atoms with E-state index >= 15 is 0 Å². The van der Waals surface area contributed by atoms with Gasteiger partial charge >= 0.3 is 30.5 Å². The van der Waals surface area contributed by atoms with Crippen molar-refractivity contribution in [3.8, 4) is 17.2 Å². The summed E-state index contributed by atoms with van der Waals surface area (Å²) < 4.78 is 34.4. The van der Waals surface area contributed by atoms with Gasteiger partial charge in [0.15, 0.2) is 40.4 Å². The minimum atomic E-state index is -1.30. The first-order valence-electron chi connectivity index (χ1n) is 43.1. The largest absolute Gasteiger partial charge is 0.485 e. The number of hydrogen-bond donors (Lipinski definition) is 10. The van der Waals surface area contributed by atoms with Gasteiger partial charge < -0.3 is 77.4 Å². The third-order valence-corrected chi connectivity index (χ3v) is 19.4. The number of rotatable bonds is 16. The summed E-state index contributed by atoms with van der Waals surface area (Å²) in [5.74, 6) is 9.24. The van der Waals surface area contributed by atoms with Gasteiger partial charge in [-0.3, -0.25) is 38.7 Å². The van der Waals surface area contributed by atoms with Gasteiger partial charge in [-0.05, 0) is 234 Å². The van der Waals surface area contributed by atoms with Crippen LogP contribution >= 0.6 is 11.6 Å². The zero-order valence-electron chi connectivity index (χ0n) is 82.1. The molecule has 3 saturated heterocycles. The molecule has 3 aliphatic rings. The maximum absolute atomic E-state index is 12.2. The van der Waals surface area contributed by atoms with Crippen molar-refractivity contribution in [3.63, 3.8) is 0 Å². The third kappa shape index (κ3) is 39.6. The van der Waals surface area contributed by atoms with Crippen LogP contribution in [0.1, 0.15) is 201 Å². The molecule has 3 atom stereocenters. The Morgan fingerprint density at radius 2 is 0.892 bits per heavy atom. The number of ether oxygens (including phenoxy) is 5. The molecule has 48 heteroatoms. The van der Waals surface area contributed by atoms with Gasteiger partial charge in [-0.2, -0.15) is 43.6 Å². The van der Waals surface area contributed by atoms with Gasteiger partial charge in [0.1, 0.15) is 63.9 Å². The quantitative estimate of drug-likeness (QED) is 0.00418. The molecule has 47 nitrogen and oxygen atoms in total. The fourth-order valence-corrected chi connectivity index (χ4v) is 12.2. The number of nitrogens with two attached hydrogens (primary N) is 4. The number of aryl methyl sites for hydroxylation is 13. The number of nitrogen functional groups attached to an aromatic ring is 1. The number of aliphatic hydroxyl groups excluding tert-OH is 1. The molecule has 3 fully saturated rings. The molecule has 0 spiro atoms. The highest BCUT2D eigenvalue weighted by molar-refractivity contribution is 6.41. The number of aromatic amines is 1. The lowest BCUT2D eigenvalue weighted by atomic mass is 10.2. The van der Waals surface area contributed by atoms with Crippen LogP contribution in [0.2, 0.25) is 0 Å². The number of hydrazone groups is 1. The molecule has 12 heterocycles. The first-order valence-corrected chi connectivity index (χ1v) is 43.6. The number of amides is 1. The number of Topliss-reactive ketones (excluding diaryl/α,β-unsaturated/α-hetero) is 6. The van der Waals surface area contributed by atoms with Crippen molar-refractivity contribution in [2.24, 2.45) is 22.4 Å². The van der Waals surface area contributed by atoms with Crippen molar-refractivity contribution in [1.29, 1.82) is 0 Å². The Kier molecular flexibility index (Phi) is 47.6. The van der Waals surface area contributed by atoms with E-state index in [9.17, 15) is 53.1 Å². The van der Waals surface area contributed by atoms with Crippen LogP contribution in [0.3, 0.4) is 0 Å². The Bertz CT molecular complexity index is 5990. The maximum Gasteiger partial charge on any atom is 0.410 e. The molecule has 0 unspecified atom stereocenters. The molecular formula is C91H126ClN27O20. The van der Waals surface area contributed by atoms with Crippen molar-refractivity contribution in [2.45, 2.75) is 220 Å². The predicted octanol–water partition coefficient (Wildman–Crippen LogP) is 8.00. The fourth-order valence-electron chi connectivity index (χ4n) is 12.2. The monoisotopic (exact) mass is 1950 g/mol. The van der Waals surface area contributed by atoms with Gasteiger partial charge in [0.2, 0.25) is 18.0 Å². The lowest BCUT2D eigenvalue weighted by molar-refractivity contribution is -0.217. The molecular weight excluding hydrogens is 1830 g/mol. The predicted molar refractivity (Wildman–Crippen MR) is 513 cm³/mol. The number of carbonyl (C=O) groups excluding carboxylic acids is 10. The summed E-state index contributed by atoms with van der Waals surface area (Å²) in [7, 11) is 0. The number of carboxylic acid groups (broad SMARTS) is 1. The van der Waals surface area contributed by atoms with E-state index in [4.69, 9.17) is 67.6 Å². The van der Waals surface area contributed by atoms with E-state index in [1.165, 1.54) is 52.0 Å². The van der Waals surface area contributed by atoms with Crippen molar-refractivity contribution < 1.29 is 98.2 Å². The van der Waals surface area contributed by atoms with Crippen molar-refractivity contribution in [1.82, 2.24) is 109 Å². The highest BCUT2D eigenvalue weighted by Gasteiger charge is 2.30. The van der Waals surface area contributed by atoms with Gasteiger partial charge in [0, 0.05) is 39.0 Å². The highest BCUT2D eigenvalue weighted by Crippen LogP contribution is 2.28. The summed E-state index contributed by atoms with van der Waals surface area (Å²) in [6.07, 6.45) is 1.25. The van der Waals surface area contributed by atoms with Gasteiger partial charge in [-0.25, -0.2) is 48.9 Å². The second-order valence-corrected chi connectivity index (χ2v) is 32.5. The number of benzene rings is 3. The SMILES string of the molecule is CC(=O)C(Cl)C(C)=O.CC(=O)C(OC(=O)c1ccccc1)C(C)=O.CC(=O)CC(C)=O.CC(C)(C)OC(=O)N1CC[C@H](O)C1.Cc1nc(N)n[nH]1.Cc1nc2nc(C)c(C)c(C)n2n1.Cc1nc2nc(C)c(OC(=O)c3ccccc3)c(C)n2n1.Cc1nc2nc(C)c(O[C@@H]3CCNC3)c(C)n2n1.Cc1nc2nc(C)c(O[C@@H]3CCNC3)c(C)n2n1.NN=C(N)N.O=C(O)c1ccccc1.O=COO.[HH]. The van der Waals surface area contributed by atoms with Crippen LogP contribution in [-0.2, 0) is 47.9 Å². The van der Waals surface area contributed by atoms with Crippen LogP contribution in [0.4, 0.5) is 10.7 Å². The number of carboxylic acids is 1. The molecule has 15 rings (SSSR count). The number of alkyl halides is 1. The second-order valence-electron chi connectivity index (χ2n) is 32.1.